The molecule has 4 rings (SSSR count). The average Bonchev–Trinajstić information content (AvgIpc) is 3.29. The molecule has 0 bridgehead atoms. The highest BCUT2D eigenvalue weighted by molar-refractivity contribution is 8.16. The summed E-state index contributed by atoms with van der Waals surface area (Å²) in [6.45, 7) is 7.09. The number of piperidine rings is 1. The van der Waals surface area contributed by atoms with Crippen LogP contribution in [0.25, 0.3) is 0 Å². The van der Waals surface area contributed by atoms with Gasteiger partial charge in [-0.1, -0.05) is 48.5 Å². The minimum Gasteiger partial charge on any atom is -0.466 e. The van der Waals surface area contributed by atoms with Crippen molar-refractivity contribution < 1.29 is 23.9 Å². The van der Waals surface area contributed by atoms with E-state index < -0.39 is 12.0 Å². The lowest BCUT2D eigenvalue weighted by atomic mass is 9.92. The summed E-state index contributed by atoms with van der Waals surface area (Å²) in [5.74, 6) is -1.000. The summed E-state index contributed by atoms with van der Waals surface area (Å²) in [6, 6.07) is 7.59. The van der Waals surface area contributed by atoms with Crippen molar-refractivity contribution in [1.82, 2.24) is 9.80 Å². The molecule has 0 unspecified atom stereocenters. The highest BCUT2D eigenvalue weighted by Gasteiger charge is 2.42. The fraction of sp³-hybridized carbons (Fsp3) is 0.481. The van der Waals surface area contributed by atoms with Crippen molar-refractivity contribution in [3.8, 4) is 0 Å². The maximum Gasteiger partial charge on any atom is 0.338 e. The number of methoxy groups -OCH3 is 1. The van der Waals surface area contributed by atoms with Crippen LogP contribution in [0.15, 0.2) is 51.6 Å². The summed E-state index contributed by atoms with van der Waals surface area (Å²) in [5, 5.41) is 2.69. The van der Waals surface area contributed by atoms with Crippen LogP contribution in [0.2, 0.25) is 0 Å². The molecule has 0 radical (unpaired) electrons. The van der Waals surface area contributed by atoms with E-state index in [0.717, 1.165) is 34.8 Å². The highest BCUT2D eigenvalue weighted by atomic mass is 32.2. The van der Waals surface area contributed by atoms with Crippen molar-refractivity contribution in [2.75, 3.05) is 26.8 Å². The van der Waals surface area contributed by atoms with E-state index >= 15 is 0 Å². The van der Waals surface area contributed by atoms with Gasteiger partial charge in [-0.2, -0.15) is 0 Å². The first kappa shape index (κ1) is 26.0. The van der Waals surface area contributed by atoms with Crippen LogP contribution in [-0.4, -0.2) is 59.6 Å². The van der Waals surface area contributed by atoms with Crippen LogP contribution >= 0.6 is 11.8 Å². The number of thioether (sulfide) groups is 1. The third-order valence-corrected chi connectivity index (χ3v) is 7.60. The Labute approximate surface area is 216 Å². The van der Waals surface area contributed by atoms with Crippen molar-refractivity contribution in [1.29, 1.82) is 0 Å². The summed E-state index contributed by atoms with van der Waals surface area (Å²) < 4.78 is 10.4. The van der Waals surface area contributed by atoms with E-state index in [0.29, 0.717) is 37.4 Å². The van der Waals surface area contributed by atoms with E-state index in [1.165, 1.54) is 18.9 Å². The summed E-state index contributed by atoms with van der Waals surface area (Å²) in [7, 11) is 1.38. The number of allylic oxidation sites excluding steroid dienone is 1. The smallest absolute Gasteiger partial charge is 0.338 e. The van der Waals surface area contributed by atoms with Crippen LogP contribution < -0.4 is 0 Å². The summed E-state index contributed by atoms with van der Waals surface area (Å²) in [6.07, 6.45) is 2.23. The summed E-state index contributed by atoms with van der Waals surface area (Å²) in [4.78, 5) is 47.2. The van der Waals surface area contributed by atoms with Crippen molar-refractivity contribution in [3.63, 3.8) is 0 Å². The van der Waals surface area contributed by atoms with Crippen molar-refractivity contribution in [2.45, 2.75) is 52.5 Å². The molecule has 1 fully saturated rings. The maximum atomic E-state index is 13.4. The fourth-order valence-electron chi connectivity index (χ4n) is 4.99. The number of carbonyl (C=O) groups excluding carboxylic acids is 3. The number of benzene rings is 1. The molecule has 0 aromatic heterocycles. The zero-order chi connectivity index (χ0) is 25.8. The quantitative estimate of drug-likeness (QED) is 0.504. The molecule has 192 valence electrons. The molecule has 3 aliphatic rings. The molecule has 0 N–H and O–H groups in total. The highest BCUT2D eigenvalue weighted by Crippen LogP contribution is 2.45. The molecule has 0 aliphatic carbocycles. The zero-order valence-electron chi connectivity index (χ0n) is 21.3. The standard InChI is InChI=1S/C27H33N3O5S/c1-5-21-23(26(33)34-4)24(18-10-7-9-17(3)13-18)30-20(16-36-27(30)28-21)14-22(31)29-12-8-11-19(15-29)25(32)35-6-2/h7,9-10,13,16,19,24H,5-6,8,11-12,14-15H2,1-4H3/t19-,24-/m1/s1. The molecule has 3 heterocycles. The number of likely N-dealkylation sites (tertiary alicyclic amines) is 1. The Morgan fingerprint density at radius 3 is 2.72 bits per heavy atom. The second-order valence-electron chi connectivity index (χ2n) is 9.12. The molecule has 0 spiro atoms. The molecular formula is C27H33N3O5S. The third-order valence-electron chi connectivity index (χ3n) is 6.71. The van der Waals surface area contributed by atoms with Crippen LogP contribution in [0.4, 0.5) is 0 Å². The topological polar surface area (TPSA) is 88.5 Å². The predicted octanol–water partition coefficient (Wildman–Crippen LogP) is 4.32. The molecule has 2 atom stereocenters. The second-order valence-corrected chi connectivity index (χ2v) is 9.96. The predicted molar refractivity (Wildman–Crippen MR) is 139 cm³/mol. The van der Waals surface area contributed by atoms with Gasteiger partial charge in [0.2, 0.25) is 5.91 Å². The van der Waals surface area contributed by atoms with E-state index in [9.17, 15) is 14.4 Å². The number of amides is 1. The number of ether oxygens (including phenoxy) is 2. The number of hydrogen-bond acceptors (Lipinski definition) is 8. The average molecular weight is 512 g/mol. The van der Waals surface area contributed by atoms with E-state index in [4.69, 9.17) is 14.5 Å². The Balaban J connectivity index is 1.62. The van der Waals surface area contributed by atoms with Gasteiger partial charge in [-0.3, -0.25) is 9.59 Å². The summed E-state index contributed by atoms with van der Waals surface area (Å²) in [5.41, 5.74) is 3.99. The first-order valence-corrected chi connectivity index (χ1v) is 13.3. The fourth-order valence-corrected chi connectivity index (χ4v) is 5.93. The van der Waals surface area contributed by atoms with Gasteiger partial charge in [-0.05, 0) is 44.1 Å². The molecule has 1 aromatic rings. The van der Waals surface area contributed by atoms with Gasteiger partial charge >= 0.3 is 11.9 Å². The van der Waals surface area contributed by atoms with Gasteiger partial charge in [-0.25, -0.2) is 9.79 Å². The molecule has 1 amide bonds. The van der Waals surface area contributed by atoms with Crippen LogP contribution in [0.3, 0.4) is 0 Å². The SMILES string of the molecule is CCOC(=O)[C@@H]1CCCN(C(=O)CC2=CSC3=NC(CC)=C(C(=O)OC)[C@@H](c4cccc(C)c4)N23)C1. The van der Waals surface area contributed by atoms with Gasteiger partial charge in [-0.15, -0.1) is 0 Å². The number of carbonyl (C=O) groups is 3. The van der Waals surface area contributed by atoms with E-state index in [1.54, 1.807) is 11.8 Å². The number of nitrogens with zero attached hydrogens (tertiary/aromatic N) is 3. The van der Waals surface area contributed by atoms with Gasteiger partial charge in [0.25, 0.3) is 0 Å². The van der Waals surface area contributed by atoms with Gasteiger partial charge < -0.3 is 19.3 Å². The Kier molecular flexibility index (Phi) is 8.18. The monoisotopic (exact) mass is 511 g/mol. The molecule has 8 nitrogen and oxygen atoms in total. The number of aliphatic imine (C=N–C) groups is 1. The lowest BCUT2D eigenvalue weighted by Gasteiger charge is -2.37. The number of amidine groups is 1. The minimum atomic E-state index is -0.442. The van der Waals surface area contributed by atoms with Crippen LogP contribution in [0, 0.1) is 12.8 Å². The van der Waals surface area contributed by atoms with Gasteiger partial charge in [0.05, 0.1) is 43.4 Å². The van der Waals surface area contributed by atoms with E-state index in [-0.39, 0.29) is 24.2 Å². The molecule has 1 aromatic carbocycles. The molecule has 36 heavy (non-hydrogen) atoms. The molecule has 1 saturated heterocycles. The minimum absolute atomic E-state index is 0.0509. The second kappa shape index (κ2) is 11.3. The van der Waals surface area contributed by atoms with Gasteiger partial charge in [0.1, 0.15) is 0 Å². The molecule has 9 heteroatoms. The summed E-state index contributed by atoms with van der Waals surface area (Å²) >= 11 is 1.46. The zero-order valence-corrected chi connectivity index (χ0v) is 22.1. The molecule has 3 aliphatic heterocycles. The number of esters is 2. The lowest BCUT2D eigenvalue weighted by Crippen LogP contribution is -2.44. The number of fused-ring (bicyclic) bond motifs is 1. The van der Waals surface area contributed by atoms with Crippen LogP contribution in [0.5, 0.6) is 0 Å². The maximum absolute atomic E-state index is 13.4. The van der Waals surface area contributed by atoms with Crippen LogP contribution in [-0.2, 0) is 23.9 Å². The Bertz CT molecular complexity index is 1140. The Morgan fingerprint density at radius 1 is 1.22 bits per heavy atom. The molecule has 0 saturated carbocycles. The number of rotatable bonds is 7. The largest absolute Gasteiger partial charge is 0.466 e. The van der Waals surface area contributed by atoms with E-state index in [2.05, 4.69) is 6.07 Å². The van der Waals surface area contributed by atoms with E-state index in [1.807, 2.05) is 42.4 Å². The van der Waals surface area contributed by atoms with Crippen molar-refractivity contribution >= 4 is 34.8 Å². The van der Waals surface area contributed by atoms with Crippen molar-refractivity contribution in [2.24, 2.45) is 10.9 Å². The number of aryl methyl sites for hydroxylation is 1. The van der Waals surface area contributed by atoms with Crippen molar-refractivity contribution in [3.05, 3.63) is 57.8 Å². The van der Waals surface area contributed by atoms with Gasteiger partial charge in [0.15, 0.2) is 5.17 Å². The first-order valence-electron chi connectivity index (χ1n) is 12.4. The Morgan fingerprint density at radius 2 is 2.03 bits per heavy atom. The Hall–Kier alpha value is -3.07. The molecular weight excluding hydrogens is 478 g/mol. The van der Waals surface area contributed by atoms with Crippen LogP contribution in [0.1, 0.15) is 56.7 Å². The third kappa shape index (κ3) is 5.21. The first-order chi connectivity index (χ1) is 17.4. The van der Waals surface area contributed by atoms with Gasteiger partial charge in [0, 0.05) is 18.8 Å². The lowest BCUT2D eigenvalue weighted by molar-refractivity contribution is -0.151. The normalized spacial score (nSPS) is 21.6. The number of hydrogen-bond donors (Lipinski definition) is 0.